The zero-order valence-corrected chi connectivity index (χ0v) is 11.6. The highest BCUT2D eigenvalue weighted by Gasteiger charge is 2.30. The van der Waals surface area contributed by atoms with Crippen molar-refractivity contribution < 1.29 is 27.1 Å². The third-order valence-electron chi connectivity index (χ3n) is 2.57. The molecule has 0 fully saturated rings. The molecule has 1 unspecified atom stereocenters. The molecule has 0 aliphatic rings. The fraction of sp³-hybridized carbons (Fsp3) is 0.462. The number of hydrogen-bond acceptors (Lipinski definition) is 4. The number of anilines is 2. The van der Waals surface area contributed by atoms with Crippen molar-refractivity contribution >= 4 is 17.3 Å². The number of ether oxygens (including phenoxy) is 1. The summed E-state index contributed by atoms with van der Waals surface area (Å²) in [7, 11) is 0. The quantitative estimate of drug-likeness (QED) is 0.497. The zero-order valence-electron chi connectivity index (χ0n) is 11.6. The van der Waals surface area contributed by atoms with E-state index in [9.17, 15) is 22.4 Å². The first-order valence-corrected chi connectivity index (χ1v) is 6.23. The number of rotatable bonds is 5. The molecule has 0 saturated heterocycles. The third kappa shape index (κ3) is 5.13. The van der Waals surface area contributed by atoms with Crippen molar-refractivity contribution in [2.75, 3.05) is 17.7 Å². The van der Waals surface area contributed by atoms with E-state index in [1.807, 2.05) is 0 Å². The molecule has 0 amide bonds. The van der Waals surface area contributed by atoms with Gasteiger partial charge in [-0.1, -0.05) is 0 Å². The highest BCUT2D eigenvalue weighted by Crippen LogP contribution is 2.27. The molecule has 0 heterocycles. The van der Waals surface area contributed by atoms with E-state index in [-0.39, 0.29) is 23.5 Å². The van der Waals surface area contributed by atoms with Crippen LogP contribution in [0.3, 0.4) is 0 Å². The number of halogens is 4. The SMILES string of the molecule is CCOC(=O)c1cc(NC(C)CC(F)(F)F)c(F)cc1N. The van der Waals surface area contributed by atoms with Crippen LogP contribution in [-0.4, -0.2) is 24.8 Å². The molecule has 0 aliphatic heterocycles. The van der Waals surface area contributed by atoms with Gasteiger partial charge in [-0.05, 0) is 26.0 Å². The van der Waals surface area contributed by atoms with Crippen LogP contribution in [0.2, 0.25) is 0 Å². The van der Waals surface area contributed by atoms with Gasteiger partial charge < -0.3 is 15.8 Å². The van der Waals surface area contributed by atoms with Gasteiger partial charge in [0.2, 0.25) is 0 Å². The maximum atomic E-state index is 13.7. The van der Waals surface area contributed by atoms with Crippen molar-refractivity contribution in [2.24, 2.45) is 0 Å². The first-order valence-electron chi connectivity index (χ1n) is 6.23. The summed E-state index contributed by atoms with van der Waals surface area (Å²) >= 11 is 0. The largest absolute Gasteiger partial charge is 0.462 e. The number of alkyl halides is 3. The lowest BCUT2D eigenvalue weighted by molar-refractivity contribution is -0.136. The third-order valence-corrected chi connectivity index (χ3v) is 2.57. The molecule has 0 saturated carbocycles. The van der Waals surface area contributed by atoms with Gasteiger partial charge in [-0.3, -0.25) is 0 Å². The van der Waals surface area contributed by atoms with E-state index < -0.39 is 30.4 Å². The van der Waals surface area contributed by atoms with Crippen molar-refractivity contribution in [3.63, 3.8) is 0 Å². The van der Waals surface area contributed by atoms with E-state index in [4.69, 9.17) is 10.5 Å². The Kier molecular flexibility index (Phi) is 5.40. The second kappa shape index (κ2) is 6.64. The molecule has 0 aliphatic carbocycles. The summed E-state index contributed by atoms with van der Waals surface area (Å²) < 4.78 is 55.2. The van der Waals surface area contributed by atoms with Gasteiger partial charge in [0.15, 0.2) is 0 Å². The van der Waals surface area contributed by atoms with Gasteiger partial charge in [-0.15, -0.1) is 0 Å². The van der Waals surface area contributed by atoms with Crippen LogP contribution in [0.5, 0.6) is 0 Å². The minimum Gasteiger partial charge on any atom is -0.462 e. The second-order valence-corrected chi connectivity index (χ2v) is 4.50. The van der Waals surface area contributed by atoms with Crippen molar-refractivity contribution in [1.82, 2.24) is 0 Å². The first-order chi connectivity index (χ1) is 9.64. The van der Waals surface area contributed by atoms with Gasteiger partial charge in [0.1, 0.15) is 5.82 Å². The van der Waals surface area contributed by atoms with Gasteiger partial charge in [-0.2, -0.15) is 13.2 Å². The van der Waals surface area contributed by atoms with Crippen LogP contribution in [-0.2, 0) is 4.74 Å². The first kappa shape index (κ1) is 17.1. The van der Waals surface area contributed by atoms with Crippen LogP contribution in [0.15, 0.2) is 12.1 Å². The van der Waals surface area contributed by atoms with Crippen LogP contribution in [0.1, 0.15) is 30.6 Å². The van der Waals surface area contributed by atoms with Crippen LogP contribution < -0.4 is 11.1 Å². The Morgan fingerprint density at radius 3 is 2.57 bits per heavy atom. The Hall–Kier alpha value is -1.99. The van der Waals surface area contributed by atoms with E-state index in [2.05, 4.69) is 5.32 Å². The van der Waals surface area contributed by atoms with Gasteiger partial charge in [0.25, 0.3) is 0 Å². The summed E-state index contributed by atoms with van der Waals surface area (Å²) in [5, 5.41) is 2.37. The molecule has 0 spiro atoms. The highest BCUT2D eigenvalue weighted by molar-refractivity contribution is 5.96. The van der Waals surface area contributed by atoms with E-state index in [0.29, 0.717) is 0 Å². The van der Waals surface area contributed by atoms with Crippen LogP contribution >= 0.6 is 0 Å². The number of esters is 1. The second-order valence-electron chi connectivity index (χ2n) is 4.50. The molecule has 1 atom stereocenters. The van der Waals surface area contributed by atoms with E-state index >= 15 is 0 Å². The predicted molar refractivity (Wildman–Crippen MR) is 70.5 cm³/mol. The van der Waals surface area contributed by atoms with Crippen molar-refractivity contribution in [3.05, 3.63) is 23.5 Å². The summed E-state index contributed by atoms with van der Waals surface area (Å²) in [6, 6.07) is 0.864. The molecule has 1 aromatic rings. The number of carbonyl (C=O) groups is 1. The summed E-state index contributed by atoms with van der Waals surface area (Å²) in [4.78, 5) is 11.6. The molecule has 1 aromatic carbocycles. The average molecular weight is 308 g/mol. The lowest BCUT2D eigenvalue weighted by atomic mass is 10.1. The number of nitrogens with one attached hydrogen (secondary N) is 1. The standard InChI is InChI=1S/C13H16F4N2O2/c1-3-21-12(20)8-4-11(9(14)5-10(8)18)19-7(2)6-13(15,16)17/h4-5,7,19H,3,6,18H2,1-2H3. The maximum absolute atomic E-state index is 13.7. The fourth-order valence-electron chi connectivity index (χ4n) is 1.75. The maximum Gasteiger partial charge on any atom is 0.391 e. The van der Waals surface area contributed by atoms with Gasteiger partial charge in [-0.25, -0.2) is 9.18 Å². The summed E-state index contributed by atoms with van der Waals surface area (Å²) in [6.07, 6.45) is -5.51. The lowest BCUT2D eigenvalue weighted by Crippen LogP contribution is -2.24. The molecule has 0 aromatic heterocycles. The number of nitrogens with two attached hydrogens (primary N) is 1. The summed E-state index contributed by atoms with van der Waals surface area (Å²) in [5.41, 5.74) is 5.04. The summed E-state index contributed by atoms with van der Waals surface area (Å²) in [6.45, 7) is 2.94. The number of benzene rings is 1. The number of nitrogen functional groups attached to an aromatic ring is 1. The van der Waals surface area contributed by atoms with Crippen molar-refractivity contribution in [3.8, 4) is 0 Å². The molecule has 118 valence electrons. The molecule has 3 N–H and O–H groups in total. The molecule has 21 heavy (non-hydrogen) atoms. The van der Waals surface area contributed by atoms with Crippen LogP contribution in [0, 0.1) is 5.82 Å². The topological polar surface area (TPSA) is 64.3 Å². The Balaban J connectivity index is 2.97. The van der Waals surface area contributed by atoms with Gasteiger partial charge >= 0.3 is 12.1 Å². The lowest BCUT2D eigenvalue weighted by Gasteiger charge is -2.18. The molecule has 1 rings (SSSR count). The molecular weight excluding hydrogens is 292 g/mol. The smallest absolute Gasteiger partial charge is 0.391 e. The van der Waals surface area contributed by atoms with Crippen molar-refractivity contribution in [2.45, 2.75) is 32.5 Å². The molecule has 0 radical (unpaired) electrons. The Bertz CT molecular complexity index is 518. The van der Waals surface area contributed by atoms with E-state index in [1.165, 1.54) is 6.92 Å². The Morgan fingerprint density at radius 1 is 1.43 bits per heavy atom. The number of carbonyl (C=O) groups excluding carboxylic acids is 1. The van der Waals surface area contributed by atoms with Crippen molar-refractivity contribution in [1.29, 1.82) is 0 Å². The highest BCUT2D eigenvalue weighted by atomic mass is 19.4. The molecular formula is C13H16F4N2O2. The van der Waals surface area contributed by atoms with Crippen LogP contribution in [0.25, 0.3) is 0 Å². The normalized spacial score (nSPS) is 12.9. The average Bonchev–Trinajstić information content (AvgIpc) is 2.30. The van der Waals surface area contributed by atoms with Gasteiger partial charge in [0.05, 0.1) is 24.3 Å². The van der Waals surface area contributed by atoms with E-state index in [0.717, 1.165) is 12.1 Å². The predicted octanol–water partition coefficient (Wildman–Crippen LogP) is 3.34. The summed E-state index contributed by atoms with van der Waals surface area (Å²) in [5.74, 6) is -1.60. The fourth-order valence-corrected chi connectivity index (χ4v) is 1.75. The van der Waals surface area contributed by atoms with Crippen LogP contribution in [0.4, 0.5) is 28.9 Å². The molecule has 8 heteroatoms. The minimum absolute atomic E-state index is 0.0973. The number of hydrogen-bond donors (Lipinski definition) is 2. The zero-order chi connectivity index (χ0) is 16.2. The molecule has 0 bridgehead atoms. The Labute approximate surface area is 119 Å². The van der Waals surface area contributed by atoms with E-state index in [1.54, 1.807) is 6.92 Å². The van der Waals surface area contributed by atoms with Gasteiger partial charge in [0, 0.05) is 11.7 Å². The molecule has 4 nitrogen and oxygen atoms in total. The Morgan fingerprint density at radius 2 is 2.05 bits per heavy atom. The monoisotopic (exact) mass is 308 g/mol. The minimum atomic E-state index is -4.37.